The number of nitrogens with two attached hydrogens (primary N) is 1. The van der Waals surface area contributed by atoms with E-state index in [9.17, 15) is 4.79 Å². The lowest BCUT2D eigenvalue weighted by Crippen LogP contribution is -2.35. The van der Waals surface area contributed by atoms with Crippen molar-refractivity contribution < 1.29 is 14.3 Å². The van der Waals surface area contributed by atoms with Crippen LogP contribution in [0.25, 0.3) is 0 Å². The summed E-state index contributed by atoms with van der Waals surface area (Å²) in [6.07, 6.45) is 0. The largest absolute Gasteiger partial charge is 0.496 e. The predicted octanol–water partition coefficient (Wildman–Crippen LogP) is 1.47. The summed E-state index contributed by atoms with van der Waals surface area (Å²) in [6, 6.07) is 2.09. The van der Waals surface area contributed by atoms with Gasteiger partial charge in [-0.25, -0.2) is 5.84 Å². The van der Waals surface area contributed by atoms with Crippen LogP contribution in [0, 0.1) is 20.8 Å². The Morgan fingerprint density at radius 2 is 1.95 bits per heavy atom. The number of likely N-dealkylation sites (N-methyl/N-ethyl adjacent to an activating group) is 1. The Kier molecular flexibility index (Phi) is 5.32. The zero-order valence-electron chi connectivity index (χ0n) is 12.2. The van der Waals surface area contributed by atoms with Crippen molar-refractivity contribution in [1.82, 2.24) is 5.01 Å². The van der Waals surface area contributed by atoms with Crippen LogP contribution in [0.2, 0.25) is 0 Å². The molecule has 0 radical (unpaired) electrons. The topological polar surface area (TPSA) is 64.8 Å². The molecule has 5 nitrogen and oxygen atoms in total. The summed E-state index contributed by atoms with van der Waals surface area (Å²) in [6.45, 7) is 6.35. The summed E-state index contributed by atoms with van der Waals surface area (Å²) in [5.41, 5.74) is 4.33. The number of hydrazine groups is 1. The summed E-state index contributed by atoms with van der Waals surface area (Å²) in [7, 11) is 3.14. The fraction of sp³-hybridized carbons (Fsp3) is 0.500. The van der Waals surface area contributed by atoms with Crippen LogP contribution in [-0.2, 0) is 16.1 Å². The van der Waals surface area contributed by atoms with Crippen molar-refractivity contribution in [1.29, 1.82) is 0 Å². The second-order valence-corrected chi connectivity index (χ2v) is 4.64. The van der Waals surface area contributed by atoms with Crippen LogP contribution in [-0.4, -0.2) is 31.7 Å². The minimum Gasteiger partial charge on any atom is -0.496 e. The van der Waals surface area contributed by atoms with Crippen molar-refractivity contribution >= 4 is 5.91 Å². The predicted molar refractivity (Wildman–Crippen MR) is 73.8 cm³/mol. The fourth-order valence-corrected chi connectivity index (χ4v) is 1.90. The zero-order valence-corrected chi connectivity index (χ0v) is 12.2. The molecule has 0 atom stereocenters. The van der Waals surface area contributed by atoms with Crippen molar-refractivity contribution in [2.75, 3.05) is 20.8 Å². The van der Waals surface area contributed by atoms with E-state index < -0.39 is 0 Å². The van der Waals surface area contributed by atoms with Crippen molar-refractivity contribution in [2.24, 2.45) is 5.84 Å². The van der Waals surface area contributed by atoms with Crippen LogP contribution in [0.5, 0.6) is 5.75 Å². The lowest BCUT2D eigenvalue weighted by Gasteiger charge is -2.17. The van der Waals surface area contributed by atoms with Gasteiger partial charge in [0.05, 0.1) is 13.7 Å². The van der Waals surface area contributed by atoms with Crippen molar-refractivity contribution in [2.45, 2.75) is 27.4 Å². The first-order valence-corrected chi connectivity index (χ1v) is 6.11. The average Bonchev–Trinajstić information content (AvgIpc) is 2.35. The Hall–Kier alpha value is -1.59. The van der Waals surface area contributed by atoms with Crippen molar-refractivity contribution in [3.8, 4) is 5.75 Å². The third-order valence-corrected chi connectivity index (χ3v) is 3.18. The smallest absolute Gasteiger partial charge is 0.262 e. The van der Waals surface area contributed by atoms with E-state index in [1.54, 1.807) is 7.11 Å². The van der Waals surface area contributed by atoms with Gasteiger partial charge in [-0.2, -0.15) is 0 Å². The highest BCUT2D eigenvalue weighted by Crippen LogP contribution is 2.29. The molecule has 0 spiro atoms. The molecule has 0 fully saturated rings. The summed E-state index contributed by atoms with van der Waals surface area (Å²) in [5.74, 6) is 5.89. The summed E-state index contributed by atoms with van der Waals surface area (Å²) in [4.78, 5) is 11.3. The molecule has 0 aliphatic carbocycles. The van der Waals surface area contributed by atoms with Crippen LogP contribution < -0.4 is 10.6 Å². The third-order valence-electron chi connectivity index (χ3n) is 3.18. The molecule has 1 rings (SSSR count). The number of hydrogen-bond donors (Lipinski definition) is 1. The van der Waals surface area contributed by atoms with Crippen LogP contribution in [0.15, 0.2) is 6.07 Å². The molecule has 1 amide bonds. The van der Waals surface area contributed by atoms with Crippen LogP contribution >= 0.6 is 0 Å². The molecule has 0 saturated heterocycles. The summed E-state index contributed by atoms with van der Waals surface area (Å²) < 4.78 is 10.9. The molecule has 106 valence electrons. The number of ether oxygens (including phenoxy) is 2. The second kappa shape index (κ2) is 6.54. The first-order chi connectivity index (χ1) is 8.88. The molecule has 1 aromatic rings. The van der Waals surface area contributed by atoms with E-state index in [-0.39, 0.29) is 12.5 Å². The monoisotopic (exact) mass is 266 g/mol. The molecular weight excluding hydrogens is 244 g/mol. The standard InChI is InChI=1S/C14H22N2O3/c1-9-6-10(2)12(14(18-5)11(9)3)7-19-8-13(17)16(4)15/h6H,7-8,15H2,1-5H3. The highest BCUT2D eigenvalue weighted by atomic mass is 16.5. The molecule has 19 heavy (non-hydrogen) atoms. The SMILES string of the molecule is COc1c(C)c(C)cc(C)c1COCC(=O)N(C)N. The minimum absolute atomic E-state index is 0.0392. The van der Waals surface area contributed by atoms with Crippen molar-refractivity contribution in [3.63, 3.8) is 0 Å². The van der Waals surface area contributed by atoms with Gasteiger partial charge in [-0.3, -0.25) is 9.80 Å². The molecule has 5 heteroatoms. The van der Waals surface area contributed by atoms with Gasteiger partial charge in [-0.1, -0.05) is 6.07 Å². The number of aryl methyl sites for hydroxylation is 2. The molecular formula is C14H22N2O3. The number of amides is 1. The number of carbonyl (C=O) groups excluding carboxylic acids is 1. The maximum atomic E-state index is 11.3. The Balaban J connectivity index is 2.84. The van der Waals surface area contributed by atoms with Crippen LogP contribution in [0.4, 0.5) is 0 Å². The van der Waals surface area contributed by atoms with E-state index >= 15 is 0 Å². The molecule has 0 bridgehead atoms. The van der Waals surface area contributed by atoms with Gasteiger partial charge in [-0.15, -0.1) is 0 Å². The Morgan fingerprint density at radius 3 is 2.47 bits per heavy atom. The number of benzene rings is 1. The van der Waals surface area contributed by atoms with E-state index in [4.69, 9.17) is 15.3 Å². The minimum atomic E-state index is -0.263. The normalized spacial score (nSPS) is 10.4. The molecule has 0 aromatic heterocycles. The maximum absolute atomic E-state index is 11.3. The van der Waals surface area contributed by atoms with Gasteiger partial charge in [0.15, 0.2) is 0 Å². The number of carbonyl (C=O) groups is 1. The molecule has 0 aliphatic heterocycles. The van der Waals surface area contributed by atoms with Gasteiger partial charge in [0.25, 0.3) is 5.91 Å². The number of hydrogen-bond acceptors (Lipinski definition) is 4. The van der Waals surface area contributed by atoms with Crippen molar-refractivity contribution in [3.05, 3.63) is 28.3 Å². The number of nitrogens with zero attached hydrogens (tertiary/aromatic N) is 1. The van der Waals surface area contributed by atoms with Gasteiger partial charge < -0.3 is 9.47 Å². The van der Waals surface area contributed by atoms with Gasteiger partial charge in [-0.05, 0) is 37.5 Å². The van der Waals surface area contributed by atoms with Gasteiger partial charge in [0.2, 0.25) is 0 Å². The Labute approximate surface area is 114 Å². The van der Waals surface area contributed by atoms with E-state index in [0.29, 0.717) is 6.61 Å². The van der Waals surface area contributed by atoms with Gasteiger partial charge in [0, 0.05) is 12.6 Å². The van der Waals surface area contributed by atoms with E-state index in [0.717, 1.165) is 27.4 Å². The van der Waals surface area contributed by atoms with Crippen LogP contribution in [0.1, 0.15) is 22.3 Å². The molecule has 0 unspecified atom stereocenters. The summed E-state index contributed by atoms with van der Waals surface area (Å²) >= 11 is 0. The van der Waals surface area contributed by atoms with Crippen LogP contribution in [0.3, 0.4) is 0 Å². The Morgan fingerprint density at radius 1 is 1.32 bits per heavy atom. The first kappa shape index (κ1) is 15.5. The lowest BCUT2D eigenvalue weighted by molar-refractivity contribution is -0.135. The second-order valence-electron chi connectivity index (χ2n) is 4.64. The highest BCUT2D eigenvalue weighted by Gasteiger charge is 2.13. The van der Waals surface area contributed by atoms with Gasteiger partial charge in [0.1, 0.15) is 12.4 Å². The first-order valence-electron chi connectivity index (χ1n) is 6.11. The summed E-state index contributed by atoms with van der Waals surface area (Å²) in [5, 5.41) is 1.02. The number of methoxy groups -OCH3 is 1. The maximum Gasteiger partial charge on any atom is 0.262 e. The highest BCUT2D eigenvalue weighted by molar-refractivity contribution is 5.76. The lowest BCUT2D eigenvalue weighted by atomic mass is 9.99. The quantitative estimate of drug-likeness (QED) is 0.498. The van der Waals surface area contributed by atoms with Gasteiger partial charge >= 0.3 is 0 Å². The Bertz CT molecular complexity index is 470. The average molecular weight is 266 g/mol. The van der Waals surface area contributed by atoms with E-state index in [1.807, 2.05) is 20.8 Å². The van der Waals surface area contributed by atoms with E-state index in [1.165, 1.54) is 12.6 Å². The number of rotatable bonds is 5. The fourth-order valence-electron chi connectivity index (χ4n) is 1.90. The molecule has 0 saturated carbocycles. The molecule has 0 aliphatic rings. The molecule has 1 aromatic carbocycles. The van der Waals surface area contributed by atoms with E-state index in [2.05, 4.69) is 6.07 Å². The zero-order chi connectivity index (χ0) is 14.6. The molecule has 2 N–H and O–H groups in total. The third kappa shape index (κ3) is 3.68. The molecule has 0 heterocycles.